The van der Waals surface area contributed by atoms with E-state index in [4.69, 9.17) is 0 Å². The zero-order valence-electron chi connectivity index (χ0n) is 10.3. The number of carbonyl (C=O) groups is 1. The fourth-order valence-corrected chi connectivity index (χ4v) is 1.62. The molecular weight excluding hydrogens is 217 g/mol. The molecule has 0 atom stereocenters. The smallest absolute Gasteiger partial charge is 0.220 e. The highest BCUT2D eigenvalue weighted by atomic mass is 19.1. The number of hydrogen-bond acceptors (Lipinski definition) is 1. The minimum atomic E-state index is -0.225. The van der Waals surface area contributed by atoms with Crippen LogP contribution >= 0.6 is 0 Å². The van der Waals surface area contributed by atoms with Gasteiger partial charge in [0.15, 0.2) is 0 Å². The highest BCUT2D eigenvalue weighted by molar-refractivity contribution is 5.75. The van der Waals surface area contributed by atoms with Crippen LogP contribution in [0, 0.1) is 5.82 Å². The lowest BCUT2D eigenvalue weighted by Crippen LogP contribution is -2.25. The lowest BCUT2D eigenvalue weighted by atomic mass is 10.1. The molecule has 1 aromatic rings. The largest absolute Gasteiger partial charge is 0.356 e. The summed E-state index contributed by atoms with van der Waals surface area (Å²) in [5.41, 5.74) is 1.04. The Morgan fingerprint density at radius 1 is 1.24 bits per heavy atom. The SMILES string of the molecule is CCCCCC(=O)NCCc1ccc(F)cc1. The molecule has 17 heavy (non-hydrogen) atoms. The Labute approximate surface area is 102 Å². The minimum absolute atomic E-state index is 0.112. The van der Waals surface area contributed by atoms with Gasteiger partial charge in [0.1, 0.15) is 5.82 Å². The zero-order chi connectivity index (χ0) is 12.5. The van der Waals surface area contributed by atoms with Crippen molar-refractivity contribution in [2.24, 2.45) is 0 Å². The molecule has 1 amide bonds. The summed E-state index contributed by atoms with van der Waals surface area (Å²) in [4.78, 5) is 11.4. The molecule has 0 aliphatic carbocycles. The summed E-state index contributed by atoms with van der Waals surface area (Å²) in [6.45, 7) is 2.74. The van der Waals surface area contributed by atoms with E-state index in [1.54, 1.807) is 12.1 Å². The first-order valence-corrected chi connectivity index (χ1v) is 6.23. The maximum atomic E-state index is 12.6. The molecule has 0 spiro atoms. The number of hydrogen-bond donors (Lipinski definition) is 1. The Balaban J connectivity index is 2.14. The van der Waals surface area contributed by atoms with Crippen molar-refractivity contribution in [2.45, 2.75) is 39.0 Å². The van der Waals surface area contributed by atoms with Gasteiger partial charge in [-0.15, -0.1) is 0 Å². The van der Waals surface area contributed by atoms with E-state index < -0.39 is 0 Å². The Morgan fingerprint density at radius 3 is 2.59 bits per heavy atom. The molecule has 1 rings (SSSR count). The van der Waals surface area contributed by atoms with E-state index in [0.29, 0.717) is 13.0 Å². The first kappa shape index (κ1) is 13.7. The van der Waals surface area contributed by atoms with Crippen LogP contribution < -0.4 is 5.32 Å². The summed E-state index contributed by atoms with van der Waals surface area (Å²) >= 11 is 0. The normalized spacial score (nSPS) is 10.2. The van der Waals surface area contributed by atoms with Gasteiger partial charge < -0.3 is 5.32 Å². The van der Waals surface area contributed by atoms with Crippen LogP contribution in [0.3, 0.4) is 0 Å². The third-order valence-corrected chi connectivity index (χ3v) is 2.66. The summed E-state index contributed by atoms with van der Waals surface area (Å²) in [6, 6.07) is 6.38. The fourth-order valence-electron chi connectivity index (χ4n) is 1.62. The van der Waals surface area contributed by atoms with Gasteiger partial charge >= 0.3 is 0 Å². The molecule has 0 saturated heterocycles. The fraction of sp³-hybridized carbons (Fsp3) is 0.500. The summed E-state index contributed by atoms with van der Waals surface area (Å²) in [7, 11) is 0. The van der Waals surface area contributed by atoms with Crippen molar-refractivity contribution in [3.05, 3.63) is 35.6 Å². The predicted octanol–water partition coefficient (Wildman–Crippen LogP) is 3.06. The van der Waals surface area contributed by atoms with Crippen LogP contribution in [0.15, 0.2) is 24.3 Å². The molecule has 1 N–H and O–H groups in total. The Hall–Kier alpha value is -1.38. The van der Waals surface area contributed by atoms with Gasteiger partial charge in [-0.1, -0.05) is 31.9 Å². The number of halogens is 1. The molecule has 0 radical (unpaired) electrons. The summed E-state index contributed by atoms with van der Waals surface area (Å²) < 4.78 is 12.6. The van der Waals surface area contributed by atoms with Gasteiger partial charge in [-0.05, 0) is 30.5 Å². The standard InChI is InChI=1S/C14H20FNO/c1-2-3-4-5-14(17)16-11-10-12-6-8-13(15)9-7-12/h6-9H,2-5,10-11H2,1H3,(H,16,17). The van der Waals surface area contributed by atoms with Crippen LogP contribution in [0.1, 0.15) is 38.2 Å². The van der Waals surface area contributed by atoms with Gasteiger partial charge in [-0.2, -0.15) is 0 Å². The van der Waals surface area contributed by atoms with Crippen LogP contribution in [0.5, 0.6) is 0 Å². The number of rotatable bonds is 7. The van der Waals surface area contributed by atoms with Gasteiger partial charge in [-0.25, -0.2) is 4.39 Å². The Morgan fingerprint density at radius 2 is 1.94 bits per heavy atom. The zero-order valence-corrected chi connectivity index (χ0v) is 10.3. The first-order valence-electron chi connectivity index (χ1n) is 6.23. The van der Waals surface area contributed by atoms with E-state index in [1.165, 1.54) is 12.1 Å². The van der Waals surface area contributed by atoms with E-state index in [2.05, 4.69) is 12.2 Å². The number of nitrogens with one attached hydrogen (secondary N) is 1. The molecule has 0 unspecified atom stereocenters. The molecule has 94 valence electrons. The van der Waals surface area contributed by atoms with Crippen molar-refractivity contribution in [3.8, 4) is 0 Å². The van der Waals surface area contributed by atoms with E-state index >= 15 is 0 Å². The summed E-state index contributed by atoms with van der Waals surface area (Å²) in [5.74, 6) is -0.113. The lowest BCUT2D eigenvalue weighted by Gasteiger charge is -2.05. The lowest BCUT2D eigenvalue weighted by molar-refractivity contribution is -0.121. The van der Waals surface area contributed by atoms with E-state index in [9.17, 15) is 9.18 Å². The highest BCUT2D eigenvalue weighted by Gasteiger charge is 2.00. The Kier molecular flexibility index (Phi) is 6.30. The van der Waals surface area contributed by atoms with Crippen LogP contribution in [0.25, 0.3) is 0 Å². The number of amides is 1. The molecule has 2 nitrogen and oxygen atoms in total. The first-order chi connectivity index (χ1) is 8.22. The molecule has 1 aromatic carbocycles. The third kappa shape index (κ3) is 6.05. The summed E-state index contributed by atoms with van der Waals surface area (Å²) in [6.07, 6.45) is 4.55. The van der Waals surface area contributed by atoms with E-state index in [0.717, 1.165) is 31.2 Å². The number of unbranched alkanes of at least 4 members (excludes halogenated alkanes) is 2. The van der Waals surface area contributed by atoms with Crippen molar-refractivity contribution in [2.75, 3.05) is 6.54 Å². The van der Waals surface area contributed by atoms with Gasteiger partial charge in [0.05, 0.1) is 0 Å². The molecule has 0 aliphatic rings. The van der Waals surface area contributed by atoms with Crippen molar-refractivity contribution in [3.63, 3.8) is 0 Å². The number of benzene rings is 1. The second kappa shape index (κ2) is 7.82. The average molecular weight is 237 g/mol. The van der Waals surface area contributed by atoms with E-state index in [-0.39, 0.29) is 11.7 Å². The monoisotopic (exact) mass is 237 g/mol. The maximum absolute atomic E-state index is 12.6. The Bertz CT molecular complexity index is 335. The van der Waals surface area contributed by atoms with Crippen molar-refractivity contribution >= 4 is 5.91 Å². The van der Waals surface area contributed by atoms with Gasteiger partial charge in [0.25, 0.3) is 0 Å². The molecule has 0 saturated carbocycles. The molecule has 0 heterocycles. The van der Waals surface area contributed by atoms with Crippen LogP contribution in [0.4, 0.5) is 4.39 Å². The van der Waals surface area contributed by atoms with Gasteiger partial charge in [0, 0.05) is 13.0 Å². The molecule has 0 aromatic heterocycles. The second-order valence-electron chi connectivity index (χ2n) is 4.18. The van der Waals surface area contributed by atoms with Crippen molar-refractivity contribution in [1.29, 1.82) is 0 Å². The molecule has 0 fully saturated rings. The quantitative estimate of drug-likeness (QED) is 0.725. The third-order valence-electron chi connectivity index (χ3n) is 2.66. The van der Waals surface area contributed by atoms with Crippen LogP contribution in [-0.4, -0.2) is 12.5 Å². The van der Waals surface area contributed by atoms with Crippen LogP contribution in [0.2, 0.25) is 0 Å². The van der Waals surface area contributed by atoms with E-state index in [1.807, 2.05) is 0 Å². The van der Waals surface area contributed by atoms with Crippen molar-refractivity contribution < 1.29 is 9.18 Å². The minimum Gasteiger partial charge on any atom is -0.356 e. The topological polar surface area (TPSA) is 29.1 Å². The average Bonchev–Trinajstić information content (AvgIpc) is 2.32. The van der Waals surface area contributed by atoms with Gasteiger partial charge in [0.2, 0.25) is 5.91 Å². The second-order valence-corrected chi connectivity index (χ2v) is 4.18. The van der Waals surface area contributed by atoms with Crippen molar-refractivity contribution in [1.82, 2.24) is 5.32 Å². The van der Waals surface area contributed by atoms with Gasteiger partial charge in [-0.3, -0.25) is 4.79 Å². The summed E-state index contributed by atoms with van der Waals surface area (Å²) in [5, 5.41) is 2.87. The molecule has 0 aliphatic heterocycles. The number of carbonyl (C=O) groups excluding carboxylic acids is 1. The maximum Gasteiger partial charge on any atom is 0.220 e. The highest BCUT2D eigenvalue weighted by Crippen LogP contribution is 2.03. The predicted molar refractivity (Wildman–Crippen MR) is 67.3 cm³/mol. The molecule has 3 heteroatoms. The molecular formula is C14H20FNO. The molecule has 0 bridgehead atoms. The van der Waals surface area contributed by atoms with Crippen LogP contribution in [-0.2, 0) is 11.2 Å².